The molecule has 0 radical (unpaired) electrons. The Morgan fingerprint density at radius 3 is 2.39 bits per heavy atom. The lowest BCUT2D eigenvalue weighted by Gasteiger charge is -2.32. The van der Waals surface area contributed by atoms with Crippen LogP contribution in [-0.4, -0.2) is 66.7 Å². The lowest BCUT2D eigenvalue weighted by Crippen LogP contribution is -2.48. The number of allylic oxidation sites excluding steroid dienone is 2. The molecule has 5 rings (SSSR count). The van der Waals surface area contributed by atoms with Crippen LogP contribution in [0.2, 0.25) is 0 Å². The number of carbonyl (C=O) groups excluding carboxylic acids is 1. The van der Waals surface area contributed by atoms with Gasteiger partial charge in [0.25, 0.3) is 0 Å². The Kier molecular flexibility index (Phi) is 8.16. The number of aromatic nitrogens is 2. The summed E-state index contributed by atoms with van der Waals surface area (Å²) in [7, 11) is 0. The molecule has 1 aliphatic carbocycles. The average Bonchev–Trinajstić information content (AvgIpc) is 2.97. The Labute approximate surface area is 214 Å². The van der Waals surface area contributed by atoms with Crippen LogP contribution >= 0.6 is 0 Å². The van der Waals surface area contributed by atoms with Gasteiger partial charge in [-0.1, -0.05) is 25.1 Å². The van der Waals surface area contributed by atoms with Crippen molar-refractivity contribution in [3.8, 4) is 5.75 Å². The van der Waals surface area contributed by atoms with Gasteiger partial charge >= 0.3 is 0 Å². The maximum Gasteiger partial charge on any atom is 0.226 e. The number of nitrogens with one attached hydrogen (secondary N) is 1. The van der Waals surface area contributed by atoms with E-state index in [4.69, 9.17) is 4.74 Å². The number of hydrogen-bond donors (Lipinski definition) is 1. The SMILES string of the molecule is CCc1cnc(N2CCC(COc3ccc(C4=CCC(C(=O)N5CCNCC5)CC4)cc3)CC2)nc1. The molecule has 3 heterocycles. The first-order valence-electron chi connectivity index (χ1n) is 13.7. The van der Waals surface area contributed by atoms with Crippen LogP contribution in [0.25, 0.3) is 5.57 Å². The number of nitrogens with zero attached hydrogens (tertiary/aromatic N) is 4. The van der Waals surface area contributed by atoms with Gasteiger partial charge in [0.15, 0.2) is 0 Å². The standard InChI is InChI=1S/C29H39N5O2/c1-2-22-19-31-29(32-20-22)34-15-11-23(12-16-34)21-36-27-9-7-25(8-10-27)24-3-5-26(6-4-24)28(35)33-17-13-30-14-18-33/h3,7-10,19-20,23,26,30H,2,4-6,11-18,21H2,1H3. The van der Waals surface area contributed by atoms with E-state index >= 15 is 0 Å². The number of ether oxygens (including phenoxy) is 1. The summed E-state index contributed by atoms with van der Waals surface area (Å²) in [5.74, 6) is 2.81. The second-order valence-corrected chi connectivity index (χ2v) is 10.3. The van der Waals surface area contributed by atoms with Crippen molar-refractivity contribution in [2.75, 3.05) is 50.8 Å². The number of amides is 1. The molecule has 2 aliphatic heterocycles. The second-order valence-electron chi connectivity index (χ2n) is 10.3. The van der Waals surface area contributed by atoms with Crippen molar-refractivity contribution in [3.05, 3.63) is 53.9 Å². The molecule has 2 fully saturated rings. The molecule has 1 aromatic heterocycles. The van der Waals surface area contributed by atoms with Gasteiger partial charge in [-0.05, 0) is 73.3 Å². The number of piperidine rings is 1. The molecule has 2 saturated heterocycles. The molecule has 1 unspecified atom stereocenters. The molecule has 3 aliphatic rings. The third-order valence-electron chi connectivity index (χ3n) is 7.90. The number of piperazine rings is 1. The number of benzene rings is 1. The first-order valence-corrected chi connectivity index (χ1v) is 13.7. The Morgan fingerprint density at radius 2 is 1.75 bits per heavy atom. The molecular weight excluding hydrogens is 450 g/mol. The van der Waals surface area contributed by atoms with Crippen molar-refractivity contribution in [3.63, 3.8) is 0 Å². The van der Waals surface area contributed by atoms with Crippen LogP contribution in [0.15, 0.2) is 42.7 Å². The fourth-order valence-corrected chi connectivity index (χ4v) is 5.44. The van der Waals surface area contributed by atoms with Gasteiger partial charge in [0.05, 0.1) is 6.61 Å². The number of hydrogen-bond acceptors (Lipinski definition) is 6. The smallest absolute Gasteiger partial charge is 0.226 e. The zero-order valence-corrected chi connectivity index (χ0v) is 21.5. The van der Waals surface area contributed by atoms with E-state index in [2.05, 4.69) is 57.4 Å². The maximum atomic E-state index is 12.8. The second kappa shape index (κ2) is 11.9. The van der Waals surface area contributed by atoms with Crippen LogP contribution in [0, 0.1) is 11.8 Å². The maximum absolute atomic E-state index is 12.8. The van der Waals surface area contributed by atoms with E-state index < -0.39 is 0 Å². The lowest BCUT2D eigenvalue weighted by molar-refractivity contribution is -0.136. The predicted molar refractivity (Wildman–Crippen MR) is 143 cm³/mol. The van der Waals surface area contributed by atoms with Crippen molar-refractivity contribution < 1.29 is 9.53 Å². The lowest BCUT2D eigenvalue weighted by atomic mass is 9.85. The summed E-state index contributed by atoms with van der Waals surface area (Å²) < 4.78 is 6.15. The van der Waals surface area contributed by atoms with Crippen LogP contribution in [0.1, 0.15) is 50.2 Å². The zero-order chi connectivity index (χ0) is 24.7. The molecule has 2 aromatic rings. The number of carbonyl (C=O) groups is 1. The Bertz CT molecular complexity index is 1020. The van der Waals surface area contributed by atoms with Crippen molar-refractivity contribution in [1.29, 1.82) is 0 Å². The van der Waals surface area contributed by atoms with E-state index in [0.29, 0.717) is 11.8 Å². The first kappa shape index (κ1) is 24.8. The summed E-state index contributed by atoms with van der Waals surface area (Å²) in [6.07, 6.45) is 12.1. The highest BCUT2D eigenvalue weighted by atomic mass is 16.5. The molecule has 1 atom stereocenters. The van der Waals surface area contributed by atoms with Gasteiger partial charge in [0, 0.05) is 57.6 Å². The van der Waals surface area contributed by atoms with E-state index in [1.807, 2.05) is 17.3 Å². The molecule has 1 amide bonds. The fourth-order valence-electron chi connectivity index (χ4n) is 5.44. The van der Waals surface area contributed by atoms with Crippen LogP contribution in [0.3, 0.4) is 0 Å². The topological polar surface area (TPSA) is 70.6 Å². The van der Waals surface area contributed by atoms with Crippen molar-refractivity contribution in [2.24, 2.45) is 11.8 Å². The van der Waals surface area contributed by atoms with Crippen LogP contribution in [0.5, 0.6) is 5.75 Å². The average molecular weight is 490 g/mol. The fraction of sp³-hybridized carbons (Fsp3) is 0.552. The Morgan fingerprint density at radius 1 is 1.03 bits per heavy atom. The molecule has 0 saturated carbocycles. The third-order valence-corrected chi connectivity index (χ3v) is 7.90. The van der Waals surface area contributed by atoms with Gasteiger partial charge in [-0.15, -0.1) is 0 Å². The Balaban J connectivity index is 1.06. The van der Waals surface area contributed by atoms with Gasteiger partial charge in [-0.3, -0.25) is 4.79 Å². The highest BCUT2D eigenvalue weighted by Crippen LogP contribution is 2.32. The summed E-state index contributed by atoms with van der Waals surface area (Å²) >= 11 is 0. The van der Waals surface area contributed by atoms with Crippen LogP contribution in [-0.2, 0) is 11.2 Å². The number of rotatable bonds is 7. The Hall–Kier alpha value is -2.93. The molecule has 0 spiro atoms. The third kappa shape index (κ3) is 6.06. The summed E-state index contributed by atoms with van der Waals surface area (Å²) in [6, 6.07) is 8.51. The molecule has 7 heteroatoms. The molecule has 7 nitrogen and oxygen atoms in total. The van der Waals surface area contributed by atoms with Crippen LogP contribution in [0.4, 0.5) is 5.95 Å². The van der Waals surface area contributed by atoms with Gasteiger partial charge in [0.1, 0.15) is 5.75 Å². The van der Waals surface area contributed by atoms with Gasteiger partial charge < -0.3 is 19.9 Å². The van der Waals surface area contributed by atoms with E-state index in [0.717, 1.165) is 96.1 Å². The quantitative estimate of drug-likeness (QED) is 0.635. The van der Waals surface area contributed by atoms with Gasteiger partial charge in [-0.2, -0.15) is 0 Å². The molecule has 192 valence electrons. The minimum atomic E-state index is 0.142. The molecule has 0 bridgehead atoms. The molecular formula is C29H39N5O2. The number of anilines is 1. The van der Waals surface area contributed by atoms with Crippen molar-refractivity contribution in [1.82, 2.24) is 20.2 Å². The van der Waals surface area contributed by atoms with E-state index in [1.54, 1.807) is 0 Å². The van der Waals surface area contributed by atoms with Gasteiger partial charge in [-0.25, -0.2) is 9.97 Å². The largest absolute Gasteiger partial charge is 0.493 e. The van der Waals surface area contributed by atoms with E-state index in [1.165, 1.54) is 16.7 Å². The van der Waals surface area contributed by atoms with Crippen molar-refractivity contribution in [2.45, 2.75) is 45.4 Å². The van der Waals surface area contributed by atoms with Crippen LogP contribution < -0.4 is 15.0 Å². The van der Waals surface area contributed by atoms with E-state index in [-0.39, 0.29) is 5.92 Å². The first-order chi connectivity index (χ1) is 17.7. The monoisotopic (exact) mass is 489 g/mol. The number of aryl methyl sites for hydroxylation is 1. The highest BCUT2D eigenvalue weighted by molar-refractivity contribution is 5.81. The van der Waals surface area contributed by atoms with Crippen molar-refractivity contribution >= 4 is 17.4 Å². The molecule has 1 aromatic carbocycles. The van der Waals surface area contributed by atoms with E-state index in [9.17, 15) is 4.79 Å². The molecule has 1 N–H and O–H groups in total. The zero-order valence-electron chi connectivity index (χ0n) is 21.5. The molecule has 36 heavy (non-hydrogen) atoms. The summed E-state index contributed by atoms with van der Waals surface area (Å²) in [5.41, 5.74) is 3.78. The minimum Gasteiger partial charge on any atom is -0.493 e. The predicted octanol–water partition coefficient (Wildman–Crippen LogP) is 3.95. The normalized spacial score (nSPS) is 21.2. The van der Waals surface area contributed by atoms with Gasteiger partial charge in [0.2, 0.25) is 11.9 Å². The highest BCUT2D eigenvalue weighted by Gasteiger charge is 2.27. The summed E-state index contributed by atoms with van der Waals surface area (Å²) in [6.45, 7) is 8.34. The summed E-state index contributed by atoms with van der Waals surface area (Å²) in [5, 5.41) is 3.32. The minimum absolute atomic E-state index is 0.142. The summed E-state index contributed by atoms with van der Waals surface area (Å²) in [4.78, 5) is 26.2.